The lowest BCUT2D eigenvalue weighted by molar-refractivity contribution is 0.347. The molecule has 272 valence electrons. The number of benzene rings is 6. The van der Waals surface area contributed by atoms with Crippen LogP contribution in [0.15, 0.2) is 157 Å². The van der Waals surface area contributed by atoms with E-state index in [-0.39, 0.29) is 16.2 Å². The van der Waals surface area contributed by atoms with Crippen LogP contribution in [0.5, 0.6) is 0 Å². The van der Waals surface area contributed by atoms with Crippen molar-refractivity contribution in [1.29, 1.82) is 0 Å². The Labute approximate surface area is 331 Å². The van der Waals surface area contributed by atoms with Crippen LogP contribution in [0.3, 0.4) is 0 Å². The van der Waals surface area contributed by atoms with Gasteiger partial charge >= 0.3 is 0 Å². The molecular weight excluding hydrogens is 675 g/mol. The Kier molecular flexibility index (Phi) is 6.53. The molecule has 0 heterocycles. The first-order valence-electron chi connectivity index (χ1n) is 20.9. The van der Waals surface area contributed by atoms with Crippen molar-refractivity contribution in [3.63, 3.8) is 0 Å². The van der Waals surface area contributed by atoms with Crippen molar-refractivity contribution < 1.29 is 0 Å². The second kappa shape index (κ2) is 11.2. The summed E-state index contributed by atoms with van der Waals surface area (Å²) in [6, 6.07) is 49.5. The third kappa shape index (κ3) is 3.92. The fourth-order valence-electron chi connectivity index (χ4n) is 12.6. The average Bonchev–Trinajstić information content (AvgIpc) is 3.87. The Morgan fingerprint density at radius 1 is 0.554 bits per heavy atom. The number of fused-ring (bicyclic) bond motifs is 15. The van der Waals surface area contributed by atoms with Crippen LogP contribution in [0.2, 0.25) is 0 Å². The summed E-state index contributed by atoms with van der Waals surface area (Å²) in [5.41, 5.74) is 23.4. The van der Waals surface area contributed by atoms with Crippen molar-refractivity contribution in [2.45, 2.75) is 75.5 Å². The van der Waals surface area contributed by atoms with Gasteiger partial charge in [0.05, 0.1) is 11.1 Å². The Balaban J connectivity index is 1.18. The molecule has 0 saturated heterocycles. The average molecular weight is 722 g/mol. The number of hydrogen-bond donors (Lipinski definition) is 0. The smallest absolute Gasteiger partial charge is 0.0722 e. The highest BCUT2D eigenvalue weighted by molar-refractivity contribution is 5.99. The number of anilines is 3. The van der Waals surface area contributed by atoms with E-state index in [0.29, 0.717) is 11.8 Å². The van der Waals surface area contributed by atoms with Gasteiger partial charge in [-0.2, -0.15) is 0 Å². The Morgan fingerprint density at radius 2 is 1.21 bits per heavy atom. The molecule has 6 aromatic carbocycles. The molecule has 0 radical (unpaired) electrons. The zero-order valence-corrected chi connectivity index (χ0v) is 32.9. The highest BCUT2D eigenvalue weighted by Gasteiger charge is 2.53. The van der Waals surface area contributed by atoms with Gasteiger partial charge in [-0.15, -0.1) is 0 Å². The molecule has 0 aliphatic heterocycles. The van der Waals surface area contributed by atoms with Crippen LogP contribution in [-0.4, -0.2) is 0 Å². The van der Waals surface area contributed by atoms with Crippen molar-refractivity contribution in [2.75, 3.05) is 4.90 Å². The van der Waals surface area contributed by atoms with E-state index in [1.807, 2.05) is 0 Å². The number of allylic oxidation sites excluding steroid dienone is 6. The van der Waals surface area contributed by atoms with Crippen molar-refractivity contribution in [3.05, 3.63) is 202 Å². The van der Waals surface area contributed by atoms with E-state index in [1.165, 1.54) is 95.8 Å². The molecule has 1 spiro atoms. The van der Waals surface area contributed by atoms with Gasteiger partial charge in [-0.05, 0) is 140 Å². The molecule has 0 saturated carbocycles. The maximum absolute atomic E-state index is 2.69. The van der Waals surface area contributed by atoms with E-state index in [1.54, 1.807) is 5.56 Å². The zero-order valence-electron chi connectivity index (χ0n) is 32.9. The highest BCUT2D eigenvalue weighted by Crippen LogP contribution is 2.65. The summed E-state index contributed by atoms with van der Waals surface area (Å²) in [6.07, 6.45) is 14.4. The molecule has 3 atom stereocenters. The standard InChI is InChI=1S/C55H47N/c1-53(2)41-22-10-8-20-39(41)51-46(53)27-15-29-49(51)56(50-30-16-28-47-52(50)40-21-9-11-23-42(40)54(47,3)4)34-31-32-38-37-19-7-14-26-45(37)55(48(38)33-34)43-24-12-5-17-35(43)36-18-6-13-25-44(36)55/h5,7-8,10-17,19-20,22-33,40,42H,6,9,18,21H2,1-4H3. The Hall–Kier alpha value is -5.66. The maximum Gasteiger partial charge on any atom is 0.0722 e. The molecule has 6 aliphatic carbocycles. The topological polar surface area (TPSA) is 3.24 Å². The van der Waals surface area contributed by atoms with E-state index in [4.69, 9.17) is 0 Å². The summed E-state index contributed by atoms with van der Waals surface area (Å²) in [5.74, 6) is 0.975. The Morgan fingerprint density at radius 3 is 2.04 bits per heavy atom. The van der Waals surface area contributed by atoms with Crippen molar-refractivity contribution in [3.8, 4) is 22.3 Å². The molecule has 0 amide bonds. The van der Waals surface area contributed by atoms with Crippen molar-refractivity contribution >= 4 is 22.6 Å². The van der Waals surface area contributed by atoms with E-state index >= 15 is 0 Å². The molecule has 1 heteroatoms. The van der Waals surface area contributed by atoms with Crippen LogP contribution in [0.4, 0.5) is 17.1 Å². The molecule has 0 N–H and O–H groups in total. The summed E-state index contributed by atoms with van der Waals surface area (Å²) < 4.78 is 0. The molecule has 0 aromatic heterocycles. The Bertz CT molecular complexity index is 2780. The van der Waals surface area contributed by atoms with Gasteiger partial charge in [0.1, 0.15) is 0 Å². The normalized spacial score (nSPS) is 23.2. The van der Waals surface area contributed by atoms with Gasteiger partial charge in [-0.1, -0.05) is 155 Å². The first-order valence-corrected chi connectivity index (χ1v) is 20.9. The second-order valence-corrected chi connectivity index (χ2v) is 18.2. The van der Waals surface area contributed by atoms with Crippen molar-refractivity contribution in [1.82, 2.24) is 0 Å². The second-order valence-electron chi connectivity index (χ2n) is 18.2. The lowest BCUT2D eigenvalue weighted by atomic mass is 9.69. The molecule has 3 unspecified atom stereocenters. The molecule has 12 rings (SSSR count). The summed E-state index contributed by atoms with van der Waals surface area (Å²) >= 11 is 0. The van der Waals surface area contributed by atoms with Crippen molar-refractivity contribution in [2.24, 2.45) is 5.92 Å². The largest absolute Gasteiger partial charge is 0.310 e. The molecule has 6 aliphatic rings. The van der Waals surface area contributed by atoms with Gasteiger partial charge in [0.15, 0.2) is 0 Å². The first kappa shape index (κ1) is 32.6. The lowest BCUT2D eigenvalue weighted by Gasteiger charge is -2.35. The van der Waals surface area contributed by atoms with E-state index < -0.39 is 0 Å². The minimum Gasteiger partial charge on any atom is -0.310 e. The third-order valence-electron chi connectivity index (χ3n) is 15.0. The minimum atomic E-state index is -0.358. The van der Waals surface area contributed by atoms with E-state index in [9.17, 15) is 0 Å². The highest BCUT2D eigenvalue weighted by atomic mass is 15.2. The van der Waals surface area contributed by atoms with Crippen LogP contribution in [0.1, 0.15) is 104 Å². The van der Waals surface area contributed by atoms with Crippen LogP contribution in [-0.2, 0) is 16.2 Å². The molecule has 0 fully saturated rings. The van der Waals surface area contributed by atoms with Crippen LogP contribution in [0, 0.1) is 5.92 Å². The molecule has 6 aromatic rings. The van der Waals surface area contributed by atoms with E-state index in [0.717, 1.165) is 19.3 Å². The van der Waals surface area contributed by atoms with E-state index in [2.05, 4.69) is 184 Å². The van der Waals surface area contributed by atoms with Gasteiger partial charge in [0.2, 0.25) is 0 Å². The van der Waals surface area contributed by atoms with Gasteiger partial charge in [0.25, 0.3) is 0 Å². The van der Waals surface area contributed by atoms with Gasteiger partial charge in [-0.3, -0.25) is 0 Å². The lowest BCUT2D eigenvalue weighted by Crippen LogP contribution is -2.27. The van der Waals surface area contributed by atoms with Crippen LogP contribution in [0.25, 0.3) is 27.8 Å². The summed E-state index contributed by atoms with van der Waals surface area (Å²) in [5, 5.41) is 0. The quantitative estimate of drug-likeness (QED) is 0.165. The monoisotopic (exact) mass is 721 g/mol. The summed E-state index contributed by atoms with van der Waals surface area (Å²) in [4.78, 5) is 2.69. The number of hydrogen-bond acceptors (Lipinski definition) is 1. The van der Waals surface area contributed by atoms with Crippen LogP contribution < -0.4 is 4.90 Å². The first-order chi connectivity index (χ1) is 27.3. The maximum atomic E-state index is 2.69. The summed E-state index contributed by atoms with van der Waals surface area (Å²) in [7, 11) is 0. The fourth-order valence-corrected chi connectivity index (χ4v) is 12.6. The van der Waals surface area contributed by atoms with Gasteiger partial charge in [0, 0.05) is 22.4 Å². The van der Waals surface area contributed by atoms with Gasteiger partial charge in [-0.25, -0.2) is 0 Å². The number of rotatable bonds is 3. The predicted molar refractivity (Wildman–Crippen MR) is 233 cm³/mol. The molecule has 0 bridgehead atoms. The fraction of sp³-hybridized carbons (Fsp3) is 0.236. The summed E-state index contributed by atoms with van der Waals surface area (Å²) in [6.45, 7) is 9.78. The molecular formula is C55H47N. The predicted octanol–water partition coefficient (Wildman–Crippen LogP) is 14.2. The molecule has 1 nitrogen and oxygen atoms in total. The zero-order chi connectivity index (χ0) is 37.6. The minimum absolute atomic E-state index is 0.0548. The third-order valence-corrected chi connectivity index (χ3v) is 15.0. The van der Waals surface area contributed by atoms with Crippen LogP contribution >= 0.6 is 0 Å². The SMILES string of the molecule is CC1(C)c2ccccc2-c2c(N(c3ccc4c(c3)C3(C5=C(CCC=C5)c5ccccc53)c3ccccc3-4)c3cccc4c3C3CCC=CC3C4(C)C)cccc21. The number of nitrogens with zero attached hydrogens (tertiary/aromatic N) is 1. The molecule has 56 heavy (non-hydrogen) atoms. The van der Waals surface area contributed by atoms with Gasteiger partial charge < -0.3 is 4.90 Å².